The van der Waals surface area contributed by atoms with Crippen molar-refractivity contribution >= 4 is 17.8 Å². The molecule has 0 aliphatic rings. The molecule has 0 unspecified atom stereocenters. The van der Waals surface area contributed by atoms with E-state index in [1.165, 1.54) is 0 Å². The quantitative estimate of drug-likeness (QED) is 0.518. The van der Waals surface area contributed by atoms with E-state index in [0.717, 1.165) is 0 Å². The minimum Gasteiger partial charge on any atom is -0.481 e. The Balaban J connectivity index is 4.07. The van der Waals surface area contributed by atoms with Crippen molar-refractivity contribution in [1.82, 2.24) is 5.32 Å². The van der Waals surface area contributed by atoms with Crippen LogP contribution in [0.25, 0.3) is 0 Å². The van der Waals surface area contributed by atoms with Crippen LogP contribution in [-0.2, 0) is 19.1 Å². The molecule has 1 atom stereocenters. The van der Waals surface area contributed by atoms with Crippen LogP contribution in [-0.4, -0.2) is 47.3 Å². The van der Waals surface area contributed by atoms with Gasteiger partial charge in [0.05, 0.1) is 0 Å². The van der Waals surface area contributed by atoms with Crippen LogP contribution in [0.2, 0.25) is 0 Å². The molecule has 7 nitrogen and oxygen atoms in total. The third-order valence-corrected chi connectivity index (χ3v) is 1.72. The average molecular weight is 233 g/mol. The molecule has 0 fully saturated rings. The molecule has 0 aliphatic heterocycles. The van der Waals surface area contributed by atoms with Crippen molar-refractivity contribution in [2.45, 2.75) is 25.8 Å². The Hall–Kier alpha value is -1.63. The number of rotatable bonds is 8. The van der Waals surface area contributed by atoms with Gasteiger partial charge in [0.1, 0.15) is 12.6 Å². The van der Waals surface area contributed by atoms with E-state index in [9.17, 15) is 14.4 Å². The van der Waals surface area contributed by atoms with Gasteiger partial charge in [0.25, 0.3) is 0 Å². The number of ether oxygens (including phenoxy) is 1. The summed E-state index contributed by atoms with van der Waals surface area (Å²) in [7, 11) is 0. The molecule has 0 aromatic heterocycles. The molecular weight excluding hydrogens is 218 g/mol. The van der Waals surface area contributed by atoms with E-state index in [0.29, 0.717) is 6.61 Å². The van der Waals surface area contributed by atoms with Crippen molar-refractivity contribution in [3.05, 3.63) is 0 Å². The lowest BCUT2D eigenvalue weighted by atomic mass is 10.1. The normalized spacial score (nSPS) is 11.8. The molecule has 0 saturated heterocycles. The highest BCUT2D eigenvalue weighted by Crippen LogP contribution is 1.98. The second-order valence-corrected chi connectivity index (χ2v) is 3.03. The summed E-state index contributed by atoms with van der Waals surface area (Å²) in [5.41, 5.74) is 0. The summed E-state index contributed by atoms with van der Waals surface area (Å²) in [6, 6.07) is -1.19. The van der Waals surface area contributed by atoms with Crippen LogP contribution < -0.4 is 5.32 Å². The molecule has 0 spiro atoms. The van der Waals surface area contributed by atoms with Crippen LogP contribution >= 0.6 is 0 Å². The van der Waals surface area contributed by atoms with E-state index < -0.39 is 23.9 Å². The van der Waals surface area contributed by atoms with Crippen molar-refractivity contribution in [2.24, 2.45) is 0 Å². The number of carbonyl (C=O) groups is 3. The fraction of sp³-hybridized carbons (Fsp3) is 0.667. The molecule has 0 bridgehead atoms. The van der Waals surface area contributed by atoms with E-state index >= 15 is 0 Å². The van der Waals surface area contributed by atoms with Crippen molar-refractivity contribution in [2.75, 3.05) is 13.2 Å². The maximum Gasteiger partial charge on any atom is 0.326 e. The second kappa shape index (κ2) is 7.63. The van der Waals surface area contributed by atoms with Crippen LogP contribution in [0.1, 0.15) is 19.8 Å². The Bertz CT molecular complexity index is 265. The third kappa shape index (κ3) is 6.77. The molecule has 0 radical (unpaired) electrons. The van der Waals surface area contributed by atoms with Crippen molar-refractivity contribution in [3.8, 4) is 0 Å². The molecule has 0 aromatic rings. The Morgan fingerprint density at radius 2 is 1.94 bits per heavy atom. The highest BCUT2D eigenvalue weighted by Gasteiger charge is 2.20. The van der Waals surface area contributed by atoms with Gasteiger partial charge < -0.3 is 20.3 Å². The SMILES string of the molecule is CCOCC(=O)N[C@H](CCC(=O)O)C(=O)O. The Kier molecular flexibility index (Phi) is 6.86. The van der Waals surface area contributed by atoms with Gasteiger partial charge in [0, 0.05) is 13.0 Å². The first-order valence-electron chi connectivity index (χ1n) is 4.79. The Labute approximate surface area is 92.4 Å². The van der Waals surface area contributed by atoms with Crippen LogP contribution in [0.3, 0.4) is 0 Å². The van der Waals surface area contributed by atoms with Crippen molar-refractivity contribution in [1.29, 1.82) is 0 Å². The highest BCUT2D eigenvalue weighted by molar-refractivity contribution is 5.84. The topological polar surface area (TPSA) is 113 Å². The molecule has 0 rings (SSSR count). The van der Waals surface area contributed by atoms with E-state index in [4.69, 9.17) is 14.9 Å². The van der Waals surface area contributed by atoms with Gasteiger partial charge in [-0.25, -0.2) is 4.79 Å². The number of amides is 1. The number of hydrogen-bond acceptors (Lipinski definition) is 4. The molecule has 1 amide bonds. The van der Waals surface area contributed by atoms with Gasteiger partial charge in [-0.1, -0.05) is 0 Å². The first-order valence-corrected chi connectivity index (χ1v) is 4.79. The van der Waals surface area contributed by atoms with Gasteiger partial charge in [0.15, 0.2) is 0 Å². The minimum absolute atomic E-state index is 0.150. The smallest absolute Gasteiger partial charge is 0.326 e. The number of carboxylic acids is 2. The first kappa shape index (κ1) is 14.4. The first-order chi connectivity index (χ1) is 7.47. The molecule has 3 N–H and O–H groups in total. The maximum atomic E-state index is 11.1. The molecule has 0 aromatic carbocycles. The van der Waals surface area contributed by atoms with Crippen LogP contribution in [0.5, 0.6) is 0 Å². The third-order valence-electron chi connectivity index (χ3n) is 1.72. The van der Waals surface area contributed by atoms with Gasteiger partial charge in [-0.3, -0.25) is 9.59 Å². The number of carboxylic acid groups (broad SMARTS) is 2. The van der Waals surface area contributed by atoms with Crippen LogP contribution in [0, 0.1) is 0 Å². The highest BCUT2D eigenvalue weighted by atomic mass is 16.5. The summed E-state index contributed by atoms with van der Waals surface area (Å²) < 4.78 is 4.78. The van der Waals surface area contributed by atoms with Crippen molar-refractivity contribution in [3.63, 3.8) is 0 Å². The zero-order valence-electron chi connectivity index (χ0n) is 8.93. The summed E-state index contributed by atoms with van der Waals surface area (Å²) in [4.78, 5) is 32.0. The zero-order valence-corrected chi connectivity index (χ0v) is 8.93. The van der Waals surface area contributed by atoms with E-state index in [1.54, 1.807) is 6.92 Å². The maximum absolute atomic E-state index is 11.1. The summed E-state index contributed by atoms with van der Waals surface area (Å²) in [6.45, 7) is 1.82. The van der Waals surface area contributed by atoms with E-state index in [-0.39, 0.29) is 19.4 Å². The second-order valence-electron chi connectivity index (χ2n) is 3.03. The largest absolute Gasteiger partial charge is 0.481 e. The van der Waals surface area contributed by atoms with Gasteiger partial charge in [-0.05, 0) is 13.3 Å². The van der Waals surface area contributed by atoms with Crippen LogP contribution in [0.15, 0.2) is 0 Å². The minimum atomic E-state index is -1.26. The molecule has 16 heavy (non-hydrogen) atoms. The van der Waals surface area contributed by atoms with Gasteiger partial charge in [-0.2, -0.15) is 0 Å². The zero-order chi connectivity index (χ0) is 12.6. The number of nitrogens with one attached hydrogen (secondary N) is 1. The predicted molar refractivity (Wildman–Crippen MR) is 52.9 cm³/mol. The van der Waals surface area contributed by atoms with E-state index in [1.807, 2.05) is 0 Å². The lowest BCUT2D eigenvalue weighted by Crippen LogP contribution is -2.42. The summed E-state index contributed by atoms with van der Waals surface area (Å²) in [5, 5.41) is 19.3. The molecule has 7 heteroatoms. The van der Waals surface area contributed by atoms with E-state index in [2.05, 4.69) is 5.32 Å². The van der Waals surface area contributed by atoms with Crippen molar-refractivity contribution < 1.29 is 29.3 Å². The van der Waals surface area contributed by atoms with Gasteiger partial charge >= 0.3 is 11.9 Å². The molecule has 0 heterocycles. The molecule has 0 aliphatic carbocycles. The standard InChI is InChI=1S/C9H15NO6/c1-2-16-5-7(11)10-6(9(14)15)3-4-8(12)13/h6H,2-5H2,1H3,(H,10,11)(H,12,13)(H,14,15)/t6-/m1/s1. The molecule has 92 valence electrons. The molecule has 0 saturated carbocycles. The van der Waals surface area contributed by atoms with Crippen LogP contribution in [0.4, 0.5) is 0 Å². The fourth-order valence-electron chi connectivity index (χ4n) is 0.956. The summed E-state index contributed by atoms with van der Waals surface area (Å²) in [6.07, 6.45) is -0.464. The number of aliphatic carboxylic acids is 2. The monoisotopic (exact) mass is 233 g/mol. The lowest BCUT2D eigenvalue weighted by molar-refractivity contribution is -0.143. The average Bonchev–Trinajstić information content (AvgIpc) is 2.20. The Morgan fingerprint density at radius 1 is 1.31 bits per heavy atom. The summed E-state index contributed by atoms with van der Waals surface area (Å²) in [5.74, 6) is -2.93. The number of carbonyl (C=O) groups excluding carboxylic acids is 1. The summed E-state index contributed by atoms with van der Waals surface area (Å²) >= 11 is 0. The van der Waals surface area contributed by atoms with Gasteiger partial charge in [0.2, 0.25) is 5.91 Å². The lowest BCUT2D eigenvalue weighted by Gasteiger charge is -2.13. The van der Waals surface area contributed by atoms with Gasteiger partial charge in [-0.15, -0.1) is 0 Å². The molecular formula is C9H15NO6. The number of hydrogen-bond donors (Lipinski definition) is 3. The Morgan fingerprint density at radius 3 is 2.38 bits per heavy atom. The predicted octanol–water partition coefficient (Wildman–Crippen LogP) is -0.543. The fourth-order valence-corrected chi connectivity index (χ4v) is 0.956.